The second-order valence-electron chi connectivity index (χ2n) is 12.4. The standard InChI is InChI=1S/C45H28N4O/c1-3-11-31(12-4-1)43-46-44(32-13-5-2-6-14-32)48-45(47-43)33-21-19-29(20-22-33)30-23-25-34(26-24-30)49-38-17-9-7-16-37(38)41-39(49)28-27-36-35-15-8-10-18-40(35)50-42(36)41/h1-28H. The molecule has 10 aromatic rings. The predicted octanol–water partition coefficient (Wildman–Crippen LogP) is 11.5. The zero-order chi connectivity index (χ0) is 33.0. The molecule has 0 saturated carbocycles. The van der Waals surface area contributed by atoms with Gasteiger partial charge >= 0.3 is 0 Å². The molecule has 0 fully saturated rings. The normalized spacial score (nSPS) is 11.6. The molecule has 5 heteroatoms. The lowest BCUT2D eigenvalue weighted by Gasteiger charge is -2.10. The van der Waals surface area contributed by atoms with Crippen molar-refractivity contribution in [3.63, 3.8) is 0 Å². The average molecular weight is 641 g/mol. The molecule has 0 N–H and O–H groups in total. The molecule has 0 aliphatic heterocycles. The Labute approximate surface area is 287 Å². The van der Waals surface area contributed by atoms with Gasteiger partial charge in [0.05, 0.1) is 16.4 Å². The lowest BCUT2D eigenvalue weighted by molar-refractivity contribution is 0.673. The Kier molecular flexibility index (Phi) is 6.42. The van der Waals surface area contributed by atoms with Crippen molar-refractivity contribution >= 4 is 43.7 Å². The van der Waals surface area contributed by atoms with Gasteiger partial charge in [0.15, 0.2) is 17.5 Å². The van der Waals surface area contributed by atoms with Crippen molar-refractivity contribution in [2.24, 2.45) is 0 Å². The van der Waals surface area contributed by atoms with Crippen molar-refractivity contribution in [3.05, 3.63) is 170 Å². The fraction of sp³-hybridized carbons (Fsp3) is 0. The smallest absolute Gasteiger partial charge is 0.164 e. The number of fused-ring (bicyclic) bond motifs is 7. The van der Waals surface area contributed by atoms with Gasteiger partial charge in [-0.1, -0.05) is 133 Å². The first-order valence-corrected chi connectivity index (χ1v) is 16.7. The van der Waals surface area contributed by atoms with Gasteiger partial charge in [-0.3, -0.25) is 0 Å². The summed E-state index contributed by atoms with van der Waals surface area (Å²) in [5.41, 5.74) is 10.3. The van der Waals surface area contributed by atoms with Crippen molar-refractivity contribution in [2.75, 3.05) is 0 Å². The molecule has 0 bridgehead atoms. The highest BCUT2D eigenvalue weighted by molar-refractivity contribution is 6.23. The van der Waals surface area contributed by atoms with Crippen LogP contribution in [0, 0.1) is 0 Å². The molecule has 0 atom stereocenters. The summed E-state index contributed by atoms with van der Waals surface area (Å²) in [7, 11) is 0. The van der Waals surface area contributed by atoms with E-state index in [0.717, 1.165) is 71.9 Å². The second-order valence-corrected chi connectivity index (χ2v) is 12.4. The largest absolute Gasteiger partial charge is 0.455 e. The third-order valence-electron chi connectivity index (χ3n) is 9.48. The van der Waals surface area contributed by atoms with E-state index in [1.807, 2.05) is 72.8 Å². The first-order chi connectivity index (χ1) is 24.8. The minimum absolute atomic E-state index is 0.643. The number of rotatable bonds is 5. The van der Waals surface area contributed by atoms with Crippen LogP contribution in [0.3, 0.4) is 0 Å². The van der Waals surface area contributed by atoms with Gasteiger partial charge in [0.1, 0.15) is 11.2 Å². The van der Waals surface area contributed by atoms with Crippen LogP contribution in [0.4, 0.5) is 0 Å². The first-order valence-electron chi connectivity index (χ1n) is 16.7. The molecule has 50 heavy (non-hydrogen) atoms. The molecule has 7 aromatic carbocycles. The molecule has 0 radical (unpaired) electrons. The van der Waals surface area contributed by atoms with Crippen LogP contribution in [0.25, 0.3) is 94.7 Å². The highest BCUT2D eigenvalue weighted by Crippen LogP contribution is 2.40. The Balaban J connectivity index is 1.02. The number of furan rings is 1. The highest BCUT2D eigenvalue weighted by atomic mass is 16.3. The molecular weight excluding hydrogens is 613 g/mol. The molecule has 10 rings (SSSR count). The number of hydrogen-bond donors (Lipinski definition) is 0. The number of hydrogen-bond acceptors (Lipinski definition) is 4. The molecule has 234 valence electrons. The highest BCUT2D eigenvalue weighted by Gasteiger charge is 2.18. The van der Waals surface area contributed by atoms with Crippen LogP contribution in [-0.2, 0) is 0 Å². The molecule has 3 heterocycles. The summed E-state index contributed by atoms with van der Waals surface area (Å²) in [6.07, 6.45) is 0. The topological polar surface area (TPSA) is 56.7 Å². The first kappa shape index (κ1) is 28.2. The Morgan fingerprint density at radius 1 is 0.360 bits per heavy atom. The number of benzene rings is 7. The molecule has 3 aromatic heterocycles. The van der Waals surface area contributed by atoms with Gasteiger partial charge in [0, 0.05) is 38.5 Å². The van der Waals surface area contributed by atoms with E-state index in [9.17, 15) is 0 Å². The molecule has 0 unspecified atom stereocenters. The molecule has 0 saturated heterocycles. The Hall–Kier alpha value is -6.85. The van der Waals surface area contributed by atoms with Crippen molar-refractivity contribution in [2.45, 2.75) is 0 Å². The maximum absolute atomic E-state index is 6.47. The van der Waals surface area contributed by atoms with E-state index in [1.54, 1.807) is 0 Å². The van der Waals surface area contributed by atoms with Gasteiger partial charge in [0.25, 0.3) is 0 Å². The van der Waals surface area contributed by atoms with Gasteiger partial charge < -0.3 is 8.98 Å². The van der Waals surface area contributed by atoms with Crippen LogP contribution < -0.4 is 0 Å². The van der Waals surface area contributed by atoms with Crippen LogP contribution >= 0.6 is 0 Å². The molecule has 0 aliphatic rings. The van der Waals surface area contributed by atoms with Crippen molar-refractivity contribution in [3.8, 4) is 51.0 Å². The monoisotopic (exact) mass is 640 g/mol. The molecule has 0 spiro atoms. The van der Waals surface area contributed by atoms with Crippen molar-refractivity contribution < 1.29 is 4.42 Å². The van der Waals surface area contributed by atoms with Gasteiger partial charge in [-0.15, -0.1) is 0 Å². The van der Waals surface area contributed by atoms with Crippen LogP contribution in [0.5, 0.6) is 0 Å². The fourth-order valence-electron chi connectivity index (χ4n) is 7.07. The van der Waals surface area contributed by atoms with Gasteiger partial charge in [-0.2, -0.15) is 0 Å². The van der Waals surface area contributed by atoms with E-state index < -0.39 is 0 Å². The van der Waals surface area contributed by atoms with E-state index in [1.165, 1.54) is 5.39 Å². The summed E-state index contributed by atoms with van der Waals surface area (Å²) >= 11 is 0. The van der Waals surface area contributed by atoms with E-state index in [2.05, 4.69) is 102 Å². The zero-order valence-electron chi connectivity index (χ0n) is 26.9. The predicted molar refractivity (Wildman–Crippen MR) is 203 cm³/mol. The minimum Gasteiger partial charge on any atom is -0.455 e. The SMILES string of the molecule is c1ccc(-c2nc(-c3ccccc3)nc(-c3ccc(-c4ccc(-n5c6ccccc6c6c7oc8ccccc8c7ccc65)cc4)cc3)n2)cc1. The summed E-state index contributed by atoms with van der Waals surface area (Å²) < 4.78 is 8.81. The summed E-state index contributed by atoms with van der Waals surface area (Å²) in [6.45, 7) is 0. The summed E-state index contributed by atoms with van der Waals surface area (Å²) in [4.78, 5) is 14.6. The quantitative estimate of drug-likeness (QED) is 0.188. The Bertz CT molecular complexity index is 2780. The molecule has 5 nitrogen and oxygen atoms in total. The second kappa shape index (κ2) is 11.4. The summed E-state index contributed by atoms with van der Waals surface area (Å²) in [5, 5.41) is 4.59. The summed E-state index contributed by atoms with van der Waals surface area (Å²) in [6, 6.07) is 58.6. The van der Waals surface area contributed by atoms with Gasteiger partial charge in [-0.05, 0) is 47.5 Å². The molecule has 0 aliphatic carbocycles. The average Bonchev–Trinajstić information content (AvgIpc) is 3.74. The van der Waals surface area contributed by atoms with E-state index in [-0.39, 0.29) is 0 Å². The Morgan fingerprint density at radius 3 is 1.50 bits per heavy atom. The number of aromatic nitrogens is 4. The maximum Gasteiger partial charge on any atom is 0.164 e. The maximum atomic E-state index is 6.47. The third kappa shape index (κ3) is 4.60. The van der Waals surface area contributed by atoms with E-state index in [4.69, 9.17) is 19.4 Å². The number of para-hydroxylation sites is 2. The van der Waals surface area contributed by atoms with Crippen molar-refractivity contribution in [1.82, 2.24) is 19.5 Å². The van der Waals surface area contributed by atoms with Crippen LogP contribution in [-0.4, -0.2) is 19.5 Å². The van der Waals surface area contributed by atoms with Crippen LogP contribution in [0.2, 0.25) is 0 Å². The fourth-order valence-corrected chi connectivity index (χ4v) is 7.07. The lowest BCUT2D eigenvalue weighted by atomic mass is 10.0. The zero-order valence-corrected chi connectivity index (χ0v) is 26.9. The third-order valence-corrected chi connectivity index (χ3v) is 9.48. The van der Waals surface area contributed by atoms with Crippen LogP contribution in [0.1, 0.15) is 0 Å². The van der Waals surface area contributed by atoms with E-state index >= 15 is 0 Å². The number of nitrogens with zero attached hydrogens (tertiary/aromatic N) is 4. The molecule has 0 amide bonds. The Morgan fingerprint density at radius 2 is 0.860 bits per heavy atom. The van der Waals surface area contributed by atoms with E-state index in [0.29, 0.717) is 17.5 Å². The minimum atomic E-state index is 0.643. The van der Waals surface area contributed by atoms with Crippen LogP contribution in [0.15, 0.2) is 174 Å². The van der Waals surface area contributed by atoms with Gasteiger partial charge in [0.2, 0.25) is 0 Å². The van der Waals surface area contributed by atoms with Gasteiger partial charge in [-0.25, -0.2) is 15.0 Å². The lowest BCUT2D eigenvalue weighted by Crippen LogP contribution is -2.00. The van der Waals surface area contributed by atoms with Crippen molar-refractivity contribution in [1.29, 1.82) is 0 Å². The molecular formula is C45H28N4O. The summed E-state index contributed by atoms with van der Waals surface area (Å²) in [5.74, 6) is 1.95.